The van der Waals surface area contributed by atoms with Crippen molar-refractivity contribution in [1.29, 1.82) is 0 Å². The highest BCUT2D eigenvalue weighted by atomic mass is 32.2. The van der Waals surface area contributed by atoms with E-state index in [-0.39, 0.29) is 16.8 Å². The summed E-state index contributed by atoms with van der Waals surface area (Å²) >= 11 is 0. The van der Waals surface area contributed by atoms with Gasteiger partial charge in [0.25, 0.3) is 5.91 Å². The molecule has 7 nitrogen and oxygen atoms in total. The smallest absolute Gasteiger partial charge is 0.255 e. The fourth-order valence-electron chi connectivity index (χ4n) is 4.51. The zero-order valence-corrected chi connectivity index (χ0v) is 20.3. The first kappa shape index (κ1) is 23.3. The maximum Gasteiger partial charge on any atom is 0.255 e. The molecule has 1 amide bonds. The molecule has 5 rings (SSSR count). The second kappa shape index (κ2) is 9.64. The molecule has 0 unspecified atom stereocenters. The van der Waals surface area contributed by atoms with Crippen LogP contribution in [-0.2, 0) is 10.0 Å². The van der Waals surface area contributed by atoms with Crippen molar-refractivity contribution < 1.29 is 17.6 Å². The van der Waals surface area contributed by atoms with E-state index in [2.05, 4.69) is 10.3 Å². The Hall–Kier alpha value is -3.49. The number of benzene rings is 3. The van der Waals surface area contributed by atoms with Crippen molar-refractivity contribution in [2.75, 3.05) is 12.4 Å². The SMILES string of the molecule is CN(C1CCCCC1)S(=O)(=O)c1ccc(C(=O)Nc2cccc(-c3nc4ccccc4o3)c2)cc1. The minimum absolute atomic E-state index is 0.0326. The summed E-state index contributed by atoms with van der Waals surface area (Å²) in [5.74, 6) is 0.142. The quantitative estimate of drug-likeness (QED) is 0.375. The molecule has 0 radical (unpaired) electrons. The molecule has 180 valence electrons. The van der Waals surface area contributed by atoms with E-state index in [9.17, 15) is 13.2 Å². The zero-order valence-electron chi connectivity index (χ0n) is 19.5. The second-order valence-corrected chi connectivity index (χ2v) is 10.9. The Morgan fingerprint density at radius 2 is 1.71 bits per heavy atom. The minimum atomic E-state index is -3.60. The van der Waals surface area contributed by atoms with Gasteiger partial charge in [-0.25, -0.2) is 13.4 Å². The average Bonchev–Trinajstić information content (AvgIpc) is 3.33. The van der Waals surface area contributed by atoms with Crippen molar-refractivity contribution in [2.24, 2.45) is 0 Å². The highest BCUT2D eigenvalue weighted by Gasteiger charge is 2.29. The summed E-state index contributed by atoms with van der Waals surface area (Å²) in [5, 5.41) is 2.87. The molecule has 4 aromatic rings. The second-order valence-electron chi connectivity index (χ2n) is 8.86. The third-order valence-corrected chi connectivity index (χ3v) is 8.47. The molecule has 0 saturated heterocycles. The van der Waals surface area contributed by atoms with E-state index in [1.807, 2.05) is 36.4 Å². The third-order valence-electron chi connectivity index (χ3n) is 6.54. The lowest BCUT2D eigenvalue weighted by atomic mass is 9.96. The van der Waals surface area contributed by atoms with E-state index in [0.717, 1.165) is 43.2 Å². The van der Waals surface area contributed by atoms with Gasteiger partial charge in [0.05, 0.1) is 4.90 Å². The van der Waals surface area contributed by atoms with E-state index in [4.69, 9.17) is 4.42 Å². The van der Waals surface area contributed by atoms with E-state index < -0.39 is 10.0 Å². The molecule has 0 spiro atoms. The number of carbonyl (C=O) groups is 1. The van der Waals surface area contributed by atoms with Crippen molar-refractivity contribution in [3.05, 3.63) is 78.4 Å². The average molecular weight is 490 g/mol. The number of rotatable bonds is 6. The lowest BCUT2D eigenvalue weighted by Gasteiger charge is -2.30. The van der Waals surface area contributed by atoms with E-state index >= 15 is 0 Å². The van der Waals surface area contributed by atoms with Crippen LogP contribution in [0.5, 0.6) is 0 Å². The zero-order chi connectivity index (χ0) is 24.4. The molecule has 8 heteroatoms. The van der Waals surface area contributed by atoms with Crippen LogP contribution in [0.2, 0.25) is 0 Å². The summed E-state index contributed by atoms with van der Waals surface area (Å²) in [7, 11) is -1.95. The number of nitrogens with one attached hydrogen (secondary N) is 1. The molecule has 1 aliphatic carbocycles. The number of sulfonamides is 1. The molecular formula is C27H27N3O4S. The lowest BCUT2D eigenvalue weighted by molar-refractivity contribution is 0.102. The molecule has 3 aromatic carbocycles. The summed E-state index contributed by atoms with van der Waals surface area (Å²) < 4.78 is 33.4. The van der Waals surface area contributed by atoms with Crippen LogP contribution in [0.1, 0.15) is 42.5 Å². The van der Waals surface area contributed by atoms with Crippen molar-refractivity contribution in [3.63, 3.8) is 0 Å². The number of para-hydroxylation sites is 2. The number of hydrogen-bond donors (Lipinski definition) is 1. The summed E-state index contributed by atoms with van der Waals surface area (Å²) in [6, 6.07) is 20.9. The van der Waals surface area contributed by atoms with Crippen LogP contribution in [0, 0.1) is 0 Å². The van der Waals surface area contributed by atoms with Gasteiger partial charge in [0.1, 0.15) is 5.52 Å². The first-order valence-corrected chi connectivity index (χ1v) is 13.2. The van der Waals surface area contributed by atoms with Gasteiger partial charge in [0.2, 0.25) is 15.9 Å². The van der Waals surface area contributed by atoms with Crippen LogP contribution in [0.25, 0.3) is 22.6 Å². The number of aromatic nitrogens is 1. The van der Waals surface area contributed by atoms with E-state index in [0.29, 0.717) is 22.7 Å². The predicted molar refractivity (Wildman–Crippen MR) is 136 cm³/mol. The molecule has 1 N–H and O–H groups in total. The van der Waals surface area contributed by atoms with Crippen molar-refractivity contribution >= 4 is 32.7 Å². The first-order chi connectivity index (χ1) is 16.9. The number of carbonyl (C=O) groups excluding carboxylic acids is 1. The van der Waals surface area contributed by atoms with Crippen LogP contribution < -0.4 is 5.32 Å². The van der Waals surface area contributed by atoms with Gasteiger partial charge in [-0.15, -0.1) is 0 Å². The Morgan fingerprint density at radius 3 is 2.46 bits per heavy atom. The Balaban J connectivity index is 1.30. The third kappa shape index (κ3) is 4.85. The molecule has 1 fully saturated rings. The van der Waals surface area contributed by atoms with Gasteiger partial charge < -0.3 is 9.73 Å². The number of fused-ring (bicyclic) bond motifs is 1. The molecular weight excluding hydrogens is 462 g/mol. The number of oxazole rings is 1. The van der Waals surface area contributed by atoms with Gasteiger partial charge in [-0.3, -0.25) is 4.79 Å². The summed E-state index contributed by atoms with van der Waals surface area (Å²) in [4.78, 5) is 17.5. The molecule has 1 saturated carbocycles. The molecule has 1 aromatic heterocycles. The Morgan fingerprint density at radius 1 is 0.971 bits per heavy atom. The van der Waals surface area contributed by atoms with Crippen LogP contribution in [0.15, 0.2) is 82.1 Å². The molecule has 1 heterocycles. The number of amides is 1. The number of anilines is 1. The Labute approximate surface area is 204 Å². The van der Waals surface area contributed by atoms with Crippen LogP contribution in [0.4, 0.5) is 5.69 Å². The molecule has 0 bridgehead atoms. The highest BCUT2D eigenvalue weighted by molar-refractivity contribution is 7.89. The van der Waals surface area contributed by atoms with Crippen molar-refractivity contribution in [2.45, 2.75) is 43.0 Å². The maximum absolute atomic E-state index is 13.1. The van der Waals surface area contributed by atoms with E-state index in [1.54, 1.807) is 31.3 Å². The molecule has 0 atom stereocenters. The van der Waals surface area contributed by atoms with Gasteiger partial charge >= 0.3 is 0 Å². The Bertz CT molecular complexity index is 1420. The van der Waals surface area contributed by atoms with Gasteiger partial charge in [-0.2, -0.15) is 4.31 Å². The summed E-state index contributed by atoms with van der Waals surface area (Å²) in [6.45, 7) is 0. The van der Waals surface area contributed by atoms with Gasteiger partial charge in [0, 0.05) is 29.9 Å². The highest BCUT2D eigenvalue weighted by Crippen LogP contribution is 2.28. The van der Waals surface area contributed by atoms with Crippen LogP contribution >= 0.6 is 0 Å². The van der Waals surface area contributed by atoms with Crippen LogP contribution in [0.3, 0.4) is 0 Å². The van der Waals surface area contributed by atoms with Gasteiger partial charge in [0.15, 0.2) is 5.58 Å². The van der Waals surface area contributed by atoms with E-state index in [1.165, 1.54) is 16.4 Å². The normalized spacial score (nSPS) is 14.9. The predicted octanol–water partition coefficient (Wildman–Crippen LogP) is 5.70. The molecule has 0 aliphatic heterocycles. The fraction of sp³-hybridized carbons (Fsp3) is 0.259. The Kier molecular flexibility index (Phi) is 6.40. The first-order valence-electron chi connectivity index (χ1n) is 11.8. The largest absolute Gasteiger partial charge is 0.436 e. The maximum atomic E-state index is 13.1. The minimum Gasteiger partial charge on any atom is -0.436 e. The topological polar surface area (TPSA) is 92.5 Å². The monoisotopic (exact) mass is 489 g/mol. The van der Waals surface area contributed by atoms with Gasteiger partial charge in [-0.1, -0.05) is 37.5 Å². The summed E-state index contributed by atoms with van der Waals surface area (Å²) in [5.41, 5.74) is 3.16. The van der Waals surface area contributed by atoms with Crippen molar-refractivity contribution in [3.8, 4) is 11.5 Å². The lowest BCUT2D eigenvalue weighted by Crippen LogP contribution is -2.38. The molecule has 1 aliphatic rings. The fourth-order valence-corrected chi connectivity index (χ4v) is 5.93. The van der Waals surface area contributed by atoms with Gasteiger partial charge in [-0.05, 0) is 67.4 Å². The van der Waals surface area contributed by atoms with Crippen LogP contribution in [-0.4, -0.2) is 36.7 Å². The van der Waals surface area contributed by atoms with Crippen molar-refractivity contribution in [1.82, 2.24) is 9.29 Å². The number of nitrogens with zero attached hydrogens (tertiary/aromatic N) is 2. The standard InChI is InChI=1S/C27H27N3O4S/c1-30(22-10-3-2-4-11-22)35(32,33)23-16-14-19(15-17-23)26(31)28-21-9-7-8-20(18-21)27-29-24-12-5-6-13-25(24)34-27/h5-9,12-18,22H,2-4,10-11H2,1H3,(H,28,31). The molecule has 35 heavy (non-hydrogen) atoms. The number of hydrogen-bond acceptors (Lipinski definition) is 5. The summed E-state index contributed by atoms with van der Waals surface area (Å²) in [6.07, 6.45) is 5.04.